The van der Waals surface area contributed by atoms with Crippen LogP contribution in [0.1, 0.15) is 12.8 Å². The van der Waals surface area contributed by atoms with Crippen LogP contribution in [0.5, 0.6) is 0 Å². The maximum atomic E-state index is 3.58. The van der Waals surface area contributed by atoms with Crippen LogP contribution in [-0.2, 0) is 0 Å². The molecule has 0 aromatic rings. The summed E-state index contributed by atoms with van der Waals surface area (Å²) in [6.45, 7) is 0. The summed E-state index contributed by atoms with van der Waals surface area (Å²) in [6, 6.07) is 0. The summed E-state index contributed by atoms with van der Waals surface area (Å²) in [5.74, 6) is 0. The smallest absolute Gasteiger partial charge is 0.0219 e. The van der Waals surface area contributed by atoms with Gasteiger partial charge in [-0.1, -0.05) is 31.9 Å². The average molecular weight is 226 g/mol. The van der Waals surface area contributed by atoms with E-state index in [2.05, 4.69) is 31.9 Å². The van der Waals surface area contributed by atoms with Crippen molar-refractivity contribution >= 4 is 31.9 Å². The Kier molecular flexibility index (Phi) is 0.758. The molecule has 0 heterocycles. The van der Waals surface area contributed by atoms with Crippen LogP contribution in [0.15, 0.2) is 0 Å². The van der Waals surface area contributed by atoms with E-state index in [0.717, 1.165) is 15.1 Å². The SMILES string of the molecule is Br[C@H]1CC12C[C@@H]2Br. The second-order valence-electron chi connectivity index (χ2n) is 2.58. The van der Waals surface area contributed by atoms with Crippen LogP contribution >= 0.6 is 31.9 Å². The van der Waals surface area contributed by atoms with Gasteiger partial charge in [-0.2, -0.15) is 0 Å². The minimum absolute atomic E-state index is 0.750. The highest BCUT2D eigenvalue weighted by molar-refractivity contribution is 9.10. The highest BCUT2D eigenvalue weighted by Gasteiger charge is 2.68. The van der Waals surface area contributed by atoms with E-state index in [9.17, 15) is 0 Å². The molecule has 0 aromatic heterocycles. The molecule has 7 heavy (non-hydrogen) atoms. The zero-order valence-electron chi connectivity index (χ0n) is 3.82. The fourth-order valence-corrected chi connectivity index (χ4v) is 3.66. The predicted octanol–water partition coefficient (Wildman–Crippen LogP) is 2.31. The number of halogens is 2. The summed E-state index contributed by atoms with van der Waals surface area (Å²) >= 11 is 7.15. The van der Waals surface area contributed by atoms with E-state index in [1.54, 1.807) is 0 Å². The van der Waals surface area contributed by atoms with Crippen molar-refractivity contribution in [1.82, 2.24) is 0 Å². The molecule has 2 aliphatic rings. The monoisotopic (exact) mass is 224 g/mol. The summed E-state index contributed by atoms with van der Waals surface area (Å²) in [5.41, 5.74) is 0.750. The average Bonchev–Trinajstić information content (AvgIpc) is 2.28. The zero-order valence-corrected chi connectivity index (χ0v) is 7.00. The molecule has 0 amide bonds. The van der Waals surface area contributed by atoms with Gasteiger partial charge in [0.2, 0.25) is 0 Å². The van der Waals surface area contributed by atoms with Gasteiger partial charge in [0.1, 0.15) is 0 Å². The first-order valence-corrected chi connectivity index (χ1v) is 4.37. The summed E-state index contributed by atoms with van der Waals surface area (Å²) in [7, 11) is 0. The molecular formula is C5H6Br2. The minimum Gasteiger partial charge on any atom is -0.0884 e. The predicted molar refractivity (Wildman–Crippen MR) is 37.1 cm³/mol. The van der Waals surface area contributed by atoms with E-state index < -0.39 is 0 Å². The Hall–Kier alpha value is 0.960. The molecular weight excluding hydrogens is 220 g/mol. The van der Waals surface area contributed by atoms with Crippen molar-refractivity contribution < 1.29 is 0 Å². The van der Waals surface area contributed by atoms with Gasteiger partial charge in [-0.05, 0) is 18.3 Å². The Bertz CT molecular complexity index is 96.6. The normalized spacial score (nSPS) is 52.3. The molecule has 0 N–H and O–H groups in total. The summed E-state index contributed by atoms with van der Waals surface area (Å²) in [6.07, 6.45) is 2.81. The number of alkyl halides is 2. The molecule has 2 saturated carbocycles. The summed E-state index contributed by atoms with van der Waals surface area (Å²) in [5, 5.41) is 0. The first-order valence-electron chi connectivity index (χ1n) is 2.54. The topological polar surface area (TPSA) is 0 Å². The first-order chi connectivity index (χ1) is 3.26. The Balaban J connectivity index is 2.11. The summed E-state index contributed by atoms with van der Waals surface area (Å²) in [4.78, 5) is 1.70. The molecule has 0 saturated heterocycles. The van der Waals surface area contributed by atoms with Crippen LogP contribution in [0.2, 0.25) is 0 Å². The van der Waals surface area contributed by atoms with Crippen molar-refractivity contribution in [3.05, 3.63) is 0 Å². The van der Waals surface area contributed by atoms with Crippen molar-refractivity contribution in [2.24, 2.45) is 5.41 Å². The van der Waals surface area contributed by atoms with Gasteiger partial charge < -0.3 is 0 Å². The van der Waals surface area contributed by atoms with Crippen LogP contribution < -0.4 is 0 Å². The lowest BCUT2D eigenvalue weighted by Crippen LogP contribution is -1.75. The van der Waals surface area contributed by atoms with Crippen LogP contribution in [0.25, 0.3) is 0 Å². The molecule has 1 spiro atoms. The summed E-state index contributed by atoms with van der Waals surface area (Å²) < 4.78 is 0. The standard InChI is InChI=1S/C5H6Br2/c6-3-1-5(3)2-4(5)7/h3-4H,1-2H2/t3-,4-,5?/m0/s1. The van der Waals surface area contributed by atoms with Crippen LogP contribution in [0.4, 0.5) is 0 Å². The molecule has 2 rings (SSSR count). The third-order valence-corrected chi connectivity index (χ3v) is 4.52. The van der Waals surface area contributed by atoms with E-state index in [1.807, 2.05) is 0 Å². The lowest BCUT2D eigenvalue weighted by Gasteiger charge is -1.75. The molecule has 2 atom stereocenters. The van der Waals surface area contributed by atoms with Crippen molar-refractivity contribution in [1.29, 1.82) is 0 Å². The van der Waals surface area contributed by atoms with Gasteiger partial charge >= 0.3 is 0 Å². The molecule has 0 unspecified atom stereocenters. The molecule has 0 nitrogen and oxygen atoms in total. The number of hydrogen-bond donors (Lipinski definition) is 0. The Morgan fingerprint density at radius 1 is 1.14 bits per heavy atom. The minimum atomic E-state index is 0.750. The van der Waals surface area contributed by atoms with Crippen molar-refractivity contribution in [2.75, 3.05) is 0 Å². The van der Waals surface area contributed by atoms with E-state index in [-0.39, 0.29) is 0 Å². The largest absolute Gasteiger partial charge is 0.0884 e. The third-order valence-electron chi connectivity index (χ3n) is 2.05. The molecule has 2 fully saturated rings. The second kappa shape index (κ2) is 1.10. The van der Waals surface area contributed by atoms with E-state index in [0.29, 0.717) is 0 Å². The van der Waals surface area contributed by atoms with Crippen molar-refractivity contribution in [3.8, 4) is 0 Å². The van der Waals surface area contributed by atoms with Crippen molar-refractivity contribution in [2.45, 2.75) is 22.5 Å². The Labute approximate surface area is 59.9 Å². The lowest BCUT2D eigenvalue weighted by molar-refractivity contribution is 0.916. The number of hydrogen-bond acceptors (Lipinski definition) is 0. The fraction of sp³-hybridized carbons (Fsp3) is 1.00. The zero-order chi connectivity index (χ0) is 5.07. The maximum Gasteiger partial charge on any atom is 0.0219 e. The van der Waals surface area contributed by atoms with Crippen LogP contribution in [0.3, 0.4) is 0 Å². The van der Waals surface area contributed by atoms with E-state index >= 15 is 0 Å². The van der Waals surface area contributed by atoms with Gasteiger partial charge in [0.15, 0.2) is 0 Å². The molecule has 40 valence electrons. The Morgan fingerprint density at radius 3 is 1.43 bits per heavy atom. The van der Waals surface area contributed by atoms with E-state index in [1.165, 1.54) is 12.8 Å². The molecule has 0 aliphatic heterocycles. The van der Waals surface area contributed by atoms with Crippen LogP contribution in [-0.4, -0.2) is 9.65 Å². The van der Waals surface area contributed by atoms with E-state index in [4.69, 9.17) is 0 Å². The first kappa shape index (κ1) is 4.80. The highest BCUT2D eigenvalue weighted by atomic mass is 79.9. The van der Waals surface area contributed by atoms with Gasteiger partial charge in [0.25, 0.3) is 0 Å². The maximum absolute atomic E-state index is 3.58. The molecule has 2 heteroatoms. The fourth-order valence-electron chi connectivity index (χ4n) is 1.08. The van der Waals surface area contributed by atoms with Crippen LogP contribution in [0, 0.1) is 5.41 Å². The molecule has 0 radical (unpaired) electrons. The van der Waals surface area contributed by atoms with Gasteiger partial charge in [-0.25, -0.2) is 0 Å². The Morgan fingerprint density at radius 2 is 1.43 bits per heavy atom. The second-order valence-corrected chi connectivity index (χ2v) is 4.79. The quantitative estimate of drug-likeness (QED) is 0.556. The van der Waals surface area contributed by atoms with Gasteiger partial charge in [-0.3, -0.25) is 0 Å². The van der Waals surface area contributed by atoms with Gasteiger partial charge in [0, 0.05) is 9.65 Å². The van der Waals surface area contributed by atoms with Crippen molar-refractivity contribution in [3.63, 3.8) is 0 Å². The third kappa shape index (κ3) is 0.476. The number of rotatable bonds is 0. The molecule has 0 aromatic carbocycles. The lowest BCUT2D eigenvalue weighted by atomic mass is 10.4. The molecule has 0 bridgehead atoms. The highest BCUT2D eigenvalue weighted by Crippen LogP contribution is 2.72. The molecule has 2 aliphatic carbocycles. The van der Waals surface area contributed by atoms with Gasteiger partial charge in [-0.15, -0.1) is 0 Å². The van der Waals surface area contributed by atoms with Gasteiger partial charge in [0.05, 0.1) is 0 Å².